The van der Waals surface area contributed by atoms with E-state index in [4.69, 9.17) is 4.74 Å². The zero-order chi connectivity index (χ0) is 31.3. The molecule has 0 saturated carbocycles. The highest BCUT2D eigenvalue weighted by atomic mass is 32.2. The molecule has 14 heteroatoms. The molecule has 0 aliphatic rings. The molecule has 1 heterocycles. The van der Waals surface area contributed by atoms with E-state index in [0.29, 0.717) is 36.3 Å². The van der Waals surface area contributed by atoms with Crippen LogP contribution in [0.25, 0.3) is 10.9 Å². The van der Waals surface area contributed by atoms with Crippen molar-refractivity contribution in [3.05, 3.63) is 65.9 Å². The molecule has 0 unspecified atom stereocenters. The molecule has 0 spiro atoms. The second-order valence-electron chi connectivity index (χ2n) is 10.8. The van der Waals surface area contributed by atoms with E-state index in [1.807, 2.05) is 19.0 Å². The minimum absolute atomic E-state index is 0.0829. The molecule has 1 aromatic heterocycles. The Labute approximate surface area is 242 Å². The van der Waals surface area contributed by atoms with Gasteiger partial charge in [-0.15, -0.1) is 0 Å². The second kappa shape index (κ2) is 12.9. The maximum absolute atomic E-state index is 13.0. The number of benzene rings is 2. The number of aromatic nitrogens is 1. The van der Waals surface area contributed by atoms with E-state index in [-0.39, 0.29) is 29.2 Å². The molecule has 0 aliphatic carbocycles. The largest absolute Gasteiger partial charge is 0.444 e. The van der Waals surface area contributed by atoms with Crippen LogP contribution >= 0.6 is 0 Å². The number of carbonyl (C=O) groups excluding carboxylic acids is 2. The molecule has 42 heavy (non-hydrogen) atoms. The SMILES string of the molecule is CN(C)CCNC(=O)CN(Cc1ccc2cccc(NS(=O)(=O)c3ccc(C(F)(F)F)cc3)c2n1)C(=O)OC(C)(C)C. The standard InChI is InChI=1S/C28H34F3N5O5S/c1-27(2,3)41-26(38)36(18-24(37)32-15-16-35(4)5)17-21-12-9-19-7-6-8-23(25(19)33-21)34-42(39,40)22-13-10-20(11-14-22)28(29,30)31/h6-14,34H,15-18H2,1-5H3,(H,32,37). The van der Waals surface area contributed by atoms with E-state index in [1.54, 1.807) is 45.0 Å². The first-order valence-electron chi connectivity index (χ1n) is 12.9. The van der Waals surface area contributed by atoms with Crippen molar-refractivity contribution in [1.29, 1.82) is 0 Å². The van der Waals surface area contributed by atoms with Gasteiger partial charge in [0.15, 0.2) is 0 Å². The molecule has 0 aliphatic heterocycles. The second-order valence-corrected chi connectivity index (χ2v) is 12.5. The van der Waals surface area contributed by atoms with Crippen LogP contribution in [0.2, 0.25) is 0 Å². The summed E-state index contributed by atoms with van der Waals surface area (Å²) in [5.74, 6) is -0.395. The van der Waals surface area contributed by atoms with E-state index in [1.165, 1.54) is 11.0 Å². The van der Waals surface area contributed by atoms with Gasteiger partial charge in [0.2, 0.25) is 5.91 Å². The summed E-state index contributed by atoms with van der Waals surface area (Å²) in [5, 5.41) is 3.32. The maximum Gasteiger partial charge on any atom is 0.416 e. The van der Waals surface area contributed by atoms with Gasteiger partial charge < -0.3 is 15.0 Å². The molecule has 2 N–H and O–H groups in total. The molecule has 0 saturated heterocycles. The highest BCUT2D eigenvalue weighted by Gasteiger charge is 2.31. The normalized spacial score (nSPS) is 12.3. The molecule has 0 bridgehead atoms. The zero-order valence-electron chi connectivity index (χ0n) is 23.9. The number of carbonyl (C=O) groups is 2. The number of amides is 2. The first kappa shape index (κ1) is 32.6. The molecule has 0 atom stereocenters. The van der Waals surface area contributed by atoms with Crippen LogP contribution in [0.4, 0.5) is 23.7 Å². The van der Waals surface area contributed by atoms with Crippen molar-refractivity contribution in [2.24, 2.45) is 0 Å². The summed E-state index contributed by atoms with van der Waals surface area (Å²) in [6, 6.07) is 11.2. The van der Waals surface area contributed by atoms with Crippen LogP contribution in [-0.2, 0) is 32.3 Å². The van der Waals surface area contributed by atoms with Crippen molar-refractivity contribution >= 4 is 38.6 Å². The van der Waals surface area contributed by atoms with Crippen LogP contribution in [0.3, 0.4) is 0 Å². The molecule has 3 rings (SSSR count). The number of nitrogens with one attached hydrogen (secondary N) is 2. The Morgan fingerprint density at radius 2 is 1.64 bits per heavy atom. The molecule has 10 nitrogen and oxygen atoms in total. The number of likely N-dealkylation sites (N-methyl/N-ethyl adjacent to an activating group) is 1. The molecular weight excluding hydrogens is 575 g/mol. The van der Waals surface area contributed by atoms with Gasteiger partial charge in [-0.05, 0) is 71.3 Å². The maximum atomic E-state index is 13.0. The van der Waals surface area contributed by atoms with Crippen LogP contribution in [0.1, 0.15) is 32.0 Å². The summed E-state index contributed by atoms with van der Waals surface area (Å²) in [6.45, 7) is 5.66. The molecule has 0 radical (unpaired) electrons. The van der Waals surface area contributed by atoms with Gasteiger partial charge >= 0.3 is 12.3 Å². The number of sulfonamides is 1. The topological polar surface area (TPSA) is 121 Å². The number of hydrogen-bond acceptors (Lipinski definition) is 7. The monoisotopic (exact) mass is 609 g/mol. The summed E-state index contributed by atoms with van der Waals surface area (Å²) >= 11 is 0. The summed E-state index contributed by atoms with van der Waals surface area (Å²) in [7, 11) is -0.539. The predicted molar refractivity (Wildman–Crippen MR) is 152 cm³/mol. The van der Waals surface area contributed by atoms with Crippen LogP contribution in [0, 0.1) is 0 Å². The zero-order valence-corrected chi connectivity index (χ0v) is 24.8. The van der Waals surface area contributed by atoms with Crippen molar-refractivity contribution < 1.29 is 35.9 Å². The van der Waals surface area contributed by atoms with Crippen molar-refractivity contribution in [3.63, 3.8) is 0 Å². The Hall–Kier alpha value is -3.91. The van der Waals surface area contributed by atoms with Gasteiger partial charge in [0.05, 0.1) is 33.9 Å². The number of anilines is 1. The molecule has 228 valence electrons. The van der Waals surface area contributed by atoms with E-state index in [2.05, 4.69) is 15.0 Å². The Kier molecular flexibility index (Phi) is 10.0. The van der Waals surface area contributed by atoms with Crippen LogP contribution in [0.5, 0.6) is 0 Å². The van der Waals surface area contributed by atoms with Gasteiger partial charge in [0, 0.05) is 18.5 Å². The number of fused-ring (bicyclic) bond motifs is 1. The van der Waals surface area contributed by atoms with Crippen molar-refractivity contribution in [1.82, 2.24) is 20.1 Å². The Morgan fingerprint density at radius 1 is 0.976 bits per heavy atom. The lowest BCUT2D eigenvalue weighted by atomic mass is 10.1. The van der Waals surface area contributed by atoms with Gasteiger partial charge in [-0.1, -0.05) is 18.2 Å². The number of nitrogens with zero attached hydrogens (tertiary/aromatic N) is 3. The van der Waals surface area contributed by atoms with Crippen molar-refractivity contribution in [2.75, 3.05) is 38.5 Å². The van der Waals surface area contributed by atoms with Gasteiger partial charge in [0.25, 0.3) is 10.0 Å². The lowest BCUT2D eigenvalue weighted by molar-refractivity contribution is -0.137. The van der Waals surface area contributed by atoms with Gasteiger partial charge in [0.1, 0.15) is 12.1 Å². The number of alkyl halides is 3. The molecule has 3 aromatic rings. The average molecular weight is 610 g/mol. The Bertz CT molecular complexity index is 1520. The number of para-hydroxylation sites is 1. The minimum atomic E-state index is -4.61. The number of pyridine rings is 1. The van der Waals surface area contributed by atoms with Crippen LogP contribution in [-0.4, -0.2) is 74.5 Å². The molecule has 2 amide bonds. The molecular formula is C28H34F3N5O5S. The van der Waals surface area contributed by atoms with Gasteiger partial charge in [-0.3, -0.25) is 14.4 Å². The summed E-state index contributed by atoms with van der Waals surface area (Å²) in [5.41, 5.74) is -1.13. The van der Waals surface area contributed by atoms with Crippen molar-refractivity contribution in [2.45, 2.75) is 44.0 Å². The fourth-order valence-electron chi connectivity index (χ4n) is 3.74. The Morgan fingerprint density at radius 3 is 2.24 bits per heavy atom. The highest BCUT2D eigenvalue weighted by molar-refractivity contribution is 7.92. The fraction of sp³-hybridized carbons (Fsp3) is 0.393. The minimum Gasteiger partial charge on any atom is -0.444 e. The molecule has 2 aromatic carbocycles. The summed E-state index contributed by atoms with van der Waals surface area (Å²) in [4.78, 5) is 32.8. The Balaban J connectivity index is 1.88. The number of hydrogen-bond donors (Lipinski definition) is 2. The smallest absolute Gasteiger partial charge is 0.416 e. The van der Waals surface area contributed by atoms with Crippen LogP contribution in [0.15, 0.2) is 59.5 Å². The lowest BCUT2D eigenvalue weighted by Gasteiger charge is -2.27. The van der Waals surface area contributed by atoms with E-state index < -0.39 is 39.4 Å². The third-order valence-corrected chi connectivity index (χ3v) is 7.12. The summed E-state index contributed by atoms with van der Waals surface area (Å²) < 4.78 is 72.6. The van der Waals surface area contributed by atoms with E-state index in [0.717, 1.165) is 12.1 Å². The highest BCUT2D eigenvalue weighted by Crippen LogP contribution is 2.30. The van der Waals surface area contributed by atoms with Crippen LogP contribution < -0.4 is 10.0 Å². The van der Waals surface area contributed by atoms with E-state index in [9.17, 15) is 31.2 Å². The quantitative estimate of drug-likeness (QED) is 0.348. The molecule has 0 fully saturated rings. The summed E-state index contributed by atoms with van der Waals surface area (Å²) in [6.07, 6.45) is -5.34. The number of halogens is 3. The lowest BCUT2D eigenvalue weighted by Crippen LogP contribution is -2.44. The van der Waals surface area contributed by atoms with Gasteiger partial charge in [-0.25, -0.2) is 18.2 Å². The predicted octanol–water partition coefficient (Wildman–Crippen LogP) is 4.47. The van der Waals surface area contributed by atoms with Gasteiger partial charge in [-0.2, -0.15) is 13.2 Å². The number of ether oxygens (including phenoxy) is 1. The fourth-order valence-corrected chi connectivity index (χ4v) is 4.81. The average Bonchev–Trinajstić information content (AvgIpc) is 2.87. The third-order valence-electron chi connectivity index (χ3n) is 5.73. The van der Waals surface area contributed by atoms with Crippen molar-refractivity contribution in [3.8, 4) is 0 Å². The number of rotatable bonds is 10. The first-order chi connectivity index (χ1) is 19.4. The first-order valence-corrected chi connectivity index (χ1v) is 14.4. The third kappa shape index (κ3) is 9.31. The van der Waals surface area contributed by atoms with E-state index >= 15 is 0 Å².